The lowest BCUT2D eigenvalue weighted by Gasteiger charge is -2.39. The Morgan fingerprint density at radius 3 is 0.862 bits per heavy atom. The van der Waals surface area contributed by atoms with E-state index in [0.717, 1.165) is 48.9 Å². The molecule has 28 nitrogen and oxygen atoms in total. The van der Waals surface area contributed by atoms with Gasteiger partial charge in [-0.25, -0.2) is 4.39 Å². The van der Waals surface area contributed by atoms with Crippen molar-refractivity contribution in [2.24, 2.45) is 0 Å². The quantitative estimate of drug-likeness (QED) is 0.0391. The number of benzene rings is 4. The fourth-order valence-corrected chi connectivity index (χ4v) is 14.1. The molecule has 8 aromatic rings. The first-order chi connectivity index (χ1) is 52.2. The van der Waals surface area contributed by atoms with Crippen LogP contribution in [0.1, 0.15) is 41.8 Å². The van der Waals surface area contributed by atoms with E-state index >= 15 is 0 Å². The molecule has 590 valence electrons. The minimum atomic E-state index is -3.59. The van der Waals surface area contributed by atoms with Crippen molar-refractivity contribution < 1.29 is 141 Å². The summed E-state index contributed by atoms with van der Waals surface area (Å²) in [5, 5.41) is 164. The number of thiophene rings is 4. The molecular weight excluding hydrogens is 1550 g/mol. The Morgan fingerprint density at radius 1 is 0.367 bits per heavy atom. The van der Waals surface area contributed by atoms with Gasteiger partial charge in [-0.15, -0.1) is 45.3 Å². The predicted molar refractivity (Wildman–Crippen MR) is 403 cm³/mol. The Bertz CT molecular complexity index is 4170. The van der Waals surface area contributed by atoms with Gasteiger partial charge in [-0.2, -0.15) is 8.42 Å². The van der Waals surface area contributed by atoms with Crippen molar-refractivity contribution in [2.75, 3.05) is 39.8 Å². The summed E-state index contributed by atoms with van der Waals surface area (Å²) in [7, 11) is -1.98. The molecule has 20 unspecified atom stereocenters. The third-order valence-electron chi connectivity index (χ3n) is 16.7. The summed E-state index contributed by atoms with van der Waals surface area (Å²) in [5.74, 6) is 2.39. The van der Waals surface area contributed by atoms with E-state index in [4.69, 9.17) is 58.4 Å². The van der Waals surface area contributed by atoms with Gasteiger partial charge in [-0.3, -0.25) is 0 Å². The first kappa shape index (κ1) is 85.8. The van der Waals surface area contributed by atoms with Gasteiger partial charge in [-0.1, -0.05) is 84.4 Å². The van der Waals surface area contributed by atoms with Crippen molar-refractivity contribution in [3.05, 3.63) is 195 Å². The van der Waals surface area contributed by atoms with E-state index < -0.39 is 159 Å². The number of rotatable bonds is 23. The zero-order valence-corrected chi connectivity index (χ0v) is 62.5. The average Bonchev–Trinajstić information content (AvgIpc) is 1.60. The summed E-state index contributed by atoms with van der Waals surface area (Å²) >= 11 is 11.5. The summed E-state index contributed by atoms with van der Waals surface area (Å²) in [6.45, 7) is -2.07. The minimum absolute atomic E-state index is 0.206. The molecule has 109 heavy (non-hydrogen) atoms. The molecule has 0 spiro atoms. The lowest BCUT2D eigenvalue weighted by atomic mass is 9.99. The second-order valence-corrected chi connectivity index (χ2v) is 30.2. The fourth-order valence-electron chi connectivity index (χ4n) is 10.6. The van der Waals surface area contributed by atoms with Gasteiger partial charge < -0.3 is 129 Å². The molecule has 0 saturated carbocycles. The van der Waals surface area contributed by atoms with E-state index in [2.05, 4.69) is 0 Å². The molecule has 4 fully saturated rings. The fraction of sp³-hybridized carbons (Fsp3) is 0.351. The highest BCUT2D eigenvalue weighted by Gasteiger charge is 2.48. The zero-order chi connectivity index (χ0) is 78.6. The van der Waals surface area contributed by atoms with Crippen LogP contribution in [-0.2, 0) is 29.1 Å². The summed E-state index contributed by atoms with van der Waals surface area (Å²) < 4.78 is 89.3. The molecule has 0 amide bonds. The number of halogens is 2. The first-order valence-corrected chi connectivity index (χ1v) is 39.0. The van der Waals surface area contributed by atoms with E-state index in [-0.39, 0.29) is 11.6 Å². The maximum absolute atomic E-state index is 12.9. The maximum Gasteiger partial charge on any atom is 0.306 e. The van der Waals surface area contributed by atoms with Gasteiger partial charge in [0.15, 0.2) is 0 Å². The van der Waals surface area contributed by atoms with Gasteiger partial charge in [-0.05, 0) is 141 Å². The normalized spacial score (nSPS) is 28.5. The van der Waals surface area contributed by atoms with Crippen molar-refractivity contribution in [1.82, 2.24) is 0 Å². The second kappa shape index (κ2) is 40.8. The van der Waals surface area contributed by atoms with Crippen LogP contribution in [0.2, 0.25) is 5.02 Å². The molecule has 4 saturated heterocycles. The van der Waals surface area contributed by atoms with Crippen LogP contribution >= 0.6 is 56.9 Å². The molecule has 12 rings (SSSR count). The topological polar surface area (TPSA) is 450 Å². The zero-order valence-electron chi connectivity index (χ0n) is 57.7. The predicted octanol–water partition coefficient (Wildman–Crippen LogP) is 4.53. The lowest BCUT2D eigenvalue weighted by molar-refractivity contribution is -0.277. The average molecular weight is 1630 g/mol. The van der Waals surface area contributed by atoms with Crippen LogP contribution in [0.15, 0.2) is 143 Å². The second-order valence-electron chi connectivity index (χ2n) is 24.4. The molecule has 0 radical (unpaired) electrons. The molecular formula is C74H82ClFO28S5. The van der Waals surface area contributed by atoms with E-state index in [1.165, 1.54) is 69.6 Å². The number of aliphatic hydroxyl groups excluding tert-OH is 16. The number of hydrogen-bond acceptors (Lipinski definition) is 32. The standard InChI is InChI=1S/C19H22O9S2.C19H22O7S.C18H19ClO6S.C18H19FO6S/c1-30(24,25)28-12-5-2-11(3-6-12)4-7-15-13(8-9-29-15)26-19-18(23)17(22)16(21)14(10-20)27-19;1-24-12-5-2-11(3-6-12)4-7-15-13(8-9-27-15)25-19-18(23)17(22)16(21)14(10-20)26-19;2*19-11-4-1-10(2-5-11)3-6-14-12(7-8-26-14)24-18-17(23)16(22)15(21)13(9-20)25-18/h2-9,14,16-23H,10H2,1H3;2-9,14,16-23H,10H2,1H3;2*1-8,13,15-18,20-23H,9H2/b2*7-4+;2*6-3+. The largest absolute Gasteiger partial charge is 0.497 e. The van der Waals surface area contributed by atoms with Crippen LogP contribution in [-0.4, -0.2) is 253 Å². The van der Waals surface area contributed by atoms with Crippen molar-refractivity contribution >= 4 is 116 Å². The maximum atomic E-state index is 12.9. The SMILES string of the molecule is COc1ccc(/C=C/c2sccc2OC2OC(CO)C(O)C(O)C2O)cc1.CS(=O)(=O)Oc1ccc(/C=C/c2sccc2OC2OC(CO)C(O)C(O)C2O)cc1.OCC1OC(Oc2ccsc2/C=C/c2ccc(Cl)cc2)C(O)C(O)C1O.OCC1OC(Oc2ccsc2/C=C/c2ccc(F)cc2)C(O)C(O)C1O. The summed E-state index contributed by atoms with van der Waals surface area (Å²) in [6, 6.07) is 34.1. The van der Waals surface area contributed by atoms with Gasteiger partial charge in [0.1, 0.15) is 138 Å². The number of hydrogen-bond donors (Lipinski definition) is 16. The van der Waals surface area contributed by atoms with Crippen LogP contribution in [0.4, 0.5) is 4.39 Å². The number of methoxy groups -OCH3 is 1. The smallest absolute Gasteiger partial charge is 0.306 e. The molecule has 20 atom stereocenters. The Balaban J connectivity index is 0.000000168. The highest BCUT2D eigenvalue weighted by Crippen LogP contribution is 2.37. The lowest BCUT2D eigenvalue weighted by Crippen LogP contribution is -2.60. The minimum Gasteiger partial charge on any atom is -0.497 e. The van der Waals surface area contributed by atoms with Crippen molar-refractivity contribution in [1.29, 1.82) is 0 Å². The number of aliphatic hydroxyl groups is 16. The molecule has 35 heteroatoms. The molecule has 4 aliphatic heterocycles. The van der Waals surface area contributed by atoms with Gasteiger partial charge in [0.2, 0.25) is 25.2 Å². The van der Waals surface area contributed by atoms with Crippen LogP contribution in [0, 0.1) is 5.82 Å². The van der Waals surface area contributed by atoms with Gasteiger partial charge in [0.05, 0.1) is 59.3 Å². The van der Waals surface area contributed by atoms with Crippen LogP contribution in [0.3, 0.4) is 0 Å². The molecule has 16 N–H and O–H groups in total. The third-order valence-corrected chi connectivity index (χ3v) is 20.9. The molecule has 4 aromatic carbocycles. The van der Waals surface area contributed by atoms with Crippen LogP contribution in [0.5, 0.6) is 34.5 Å². The van der Waals surface area contributed by atoms with Gasteiger partial charge >= 0.3 is 10.1 Å². The van der Waals surface area contributed by atoms with Gasteiger partial charge in [0.25, 0.3) is 0 Å². The Morgan fingerprint density at radius 2 is 0.615 bits per heavy atom. The van der Waals surface area contributed by atoms with E-state index in [9.17, 15) is 94.5 Å². The Hall–Kier alpha value is -7.19. The molecule has 0 aliphatic carbocycles. The molecule has 8 heterocycles. The first-order valence-electron chi connectivity index (χ1n) is 33.3. The monoisotopic (exact) mass is 1630 g/mol. The summed E-state index contributed by atoms with van der Waals surface area (Å²) in [4.78, 5) is 3.01. The summed E-state index contributed by atoms with van der Waals surface area (Å²) in [5.41, 5.74) is 3.52. The number of ether oxygens (including phenoxy) is 9. The van der Waals surface area contributed by atoms with Crippen molar-refractivity contribution in [2.45, 2.75) is 123 Å². The molecule has 4 aromatic heterocycles. The molecule has 0 bridgehead atoms. The van der Waals surface area contributed by atoms with Crippen LogP contribution in [0.25, 0.3) is 48.6 Å². The highest BCUT2D eigenvalue weighted by molar-refractivity contribution is 7.86. The van der Waals surface area contributed by atoms with Crippen LogP contribution < -0.4 is 27.9 Å². The Labute approximate surface area is 645 Å². The van der Waals surface area contributed by atoms with E-state index in [0.29, 0.717) is 32.9 Å². The van der Waals surface area contributed by atoms with Crippen molar-refractivity contribution in [3.63, 3.8) is 0 Å². The Kier molecular flexibility index (Phi) is 32.2. The molecule has 4 aliphatic rings. The summed E-state index contributed by atoms with van der Waals surface area (Å²) in [6.07, 6.45) is -11.0. The van der Waals surface area contributed by atoms with E-state index in [1.54, 1.807) is 103 Å². The van der Waals surface area contributed by atoms with E-state index in [1.807, 2.05) is 71.5 Å². The van der Waals surface area contributed by atoms with Crippen molar-refractivity contribution in [3.8, 4) is 34.5 Å². The highest BCUT2D eigenvalue weighted by atomic mass is 35.5. The van der Waals surface area contributed by atoms with Gasteiger partial charge in [0, 0.05) is 5.02 Å². The third kappa shape index (κ3) is 23.7.